The summed E-state index contributed by atoms with van der Waals surface area (Å²) >= 11 is 12.0. The SMILES string of the molecule is COC(=O)C(OC(=O)c1cccc2c1[nH]c(=O)n2C)c1ccc(Cl)cc1Cl. The molecule has 1 heterocycles. The number of aromatic amines is 1. The summed E-state index contributed by atoms with van der Waals surface area (Å²) in [6, 6.07) is 9.19. The van der Waals surface area contributed by atoms with Crippen molar-refractivity contribution in [2.24, 2.45) is 7.05 Å². The van der Waals surface area contributed by atoms with Crippen molar-refractivity contribution in [1.29, 1.82) is 0 Å². The van der Waals surface area contributed by atoms with E-state index in [1.54, 1.807) is 19.2 Å². The summed E-state index contributed by atoms with van der Waals surface area (Å²) < 4.78 is 11.5. The molecule has 7 nitrogen and oxygen atoms in total. The number of nitrogens with zero attached hydrogens (tertiary/aromatic N) is 1. The Bertz CT molecular complexity index is 1100. The predicted molar refractivity (Wildman–Crippen MR) is 100 cm³/mol. The number of carbonyl (C=O) groups is 2. The van der Waals surface area contributed by atoms with E-state index >= 15 is 0 Å². The average Bonchev–Trinajstić information content (AvgIpc) is 2.94. The second-order valence-corrected chi connectivity index (χ2v) is 6.51. The molecule has 0 fully saturated rings. The van der Waals surface area contributed by atoms with E-state index in [1.807, 2.05) is 0 Å². The first-order valence-electron chi connectivity index (χ1n) is 7.75. The lowest BCUT2D eigenvalue weighted by molar-refractivity contribution is -0.151. The minimum Gasteiger partial charge on any atom is -0.466 e. The Morgan fingerprint density at radius 3 is 2.59 bits per heavy atom. The number of ether oxygens (including phenoxy) is 2. The summed E-state index contributed by atoms with van der Waals surface area (Å²) in [5.74, 6) is -1.62. The van der Waals surface area contributed by atoms with E-state index in [9.17, 15) is 14.4 Å². The van der Waals surface area contributed by atoms with Gasteiger partial charge in [-0.25, -0.2) is 14.4 Å². The first kappa shape index (κ1) is 19.0. The van der Waals surface area contributed by atoms with Crippen LogP contribution in [0.25, 0.3) is 11.0 Å². The number of halogens is 2. The maximum absolute atomic E-state index is 12.7. The van der Waals surface area contributed by atoms with Crippen LogP contribution in [-0.2, 0) is 21.3 Å². The van der Waals surface area contributed by atoms with Crippen LogP contribution in [0.15, 0.2) is 41.2 Å². The predicted octanol–water partition coefficient (Wildman–Crippen LogP) is 3.24. The molecule has 0 amide bonds. The molecular weight excluding hydrogens is 395 g/mol. The molecule has 1 N–H and O–H groups in total. The van der Waals surface area contributed by atoms with E-state index in [0.29, 0.717) is 16.1 Å². The molecule has 2 aromatic carbocycles. The molecule has 0 aliphatic heterocycles. The van der Waals surface area contributed by atoms with Crippen LogP contribution in [-0.4, -0.2) is 28.6 Å². The zero-order valence-electron chi connectivity index (χ0n) is 14.3. The molecule has 3 rings (SSSR count). The summed E-state index contributed by atoms with van der Waals surface area (Å²) in [4.78, 5) is 39.4. The fraction of sp³-hybridized carbons (Fsp3) is 0.167. The zero-order valence-corrected chi connectivity index (χ0v) is 15.8. The molecule has 0 saturated carbocycles. The van der Waals surface area contributed by atoms with E-state index in [-0.39, 0.29) is 21.8 Å². The Kier molecular flexibility index (Phi) is 5.25. The van der Waals surface area contributed by atoms with Crippen LogP contribution < -0.4 is 5.69 Å². The number of rotatable bonds is 4. The number of fused-ring (bicyclic) bond motifs is 1. The lowest BCUT2D eigenvalue weighted by atomic mass is 10.1. The van der Waals surface area contributed by atoms with E-state index in [1.165, 1.54) is 35.9 Å². The van der Waals surface area contributed by atoms with Gasteiger partial charge in [-0.3, -0.25) is 4.57 Å². The number of aryl methyl sites for hydroxylation is 1. The van der Waals surface area contributed by atoms with Gasteiger partial charge in [-0.1, -0.05) is 35.3 Å². The Morgan fingerprint density at radius 1 is 1.19 bits per heavy atom. The standard InChI is InChI=1S/C18H14Cl2N2O5/c1-22-13-5-3-4-11(14(13)21-18(22)25)16(23)27-15(17(24)26-2)10-7-6-9(19)8-12(10)20/h3-8,15H,1-2H3,(H,21,25). The molecule has 0 bridgehead atoms. The summed E-state index contributed by atoms with van der Waals surface area (Å²) in [7, 11) is 2.74. The van der Waals surface area contributed by atoms with Gasteiger partial charge in [-0.2, -0.15) is 0 Å². The van der Waals surface area contributed by atoms with Crippen molar-refractivity contribution < 1.29 is 19.1 Å². The van der Waals surface area contributed by atoms with Gasteiger partial charge >= 0.3 is 17.6 Å². The molecule has 27 heavy (non-hydrogen) atoms. The number of aromatic nitrogens is 2. The molecular formula is C18H14Cl2N2O5. The van der Waals surface area contributed by atoms with Crippen molar-refractivity contribution in [3.8, 4) is 0 Å². The van der Waals surface area contributed by atoms with Crippen molar-refractivity contribution >= 4 is 46.2 Å². The van der Waals surface area contributed by atoms with Crippen LogP contribution in [0.4, 0.5) is 0 Å². The van der Waals surface area contributed by atoms with Crippen LogP contribution in [0.1, 0.15) is 22.0 Å². The number of carbonyl (C=O) groups excluding carboxylic acids is 2. The number of benzene rings is 2. The molecule has 0 saturated heterocycles. The number of hydrogen-bond donors (Lipinski definition) is 1. The van der Waals surface area contributed by atoms with Gasteiger partial charge in [0.2, 0.25) is 6.10 Å². The van der Waals surface area contributed by atoms with Crippen LogP contribution in [0.2, 0.25) is 10.0 Å². The third-order valence-corrected chi connectivity index (χ3v) is 4.61. The second-order valence-electron chi connectivity index (χ2n) is 5.66. The fourth-order valence-electron chi connectivity index (χ4n) is 2.65. The third-order valence-electron chi connectivity index (χ3n) is 4.05. The molecule has 140 valence electrons. The van der Waals surface area contributed by atoms with Crippen molar-refractivity contribution in [2.45, 2.75) is 6.10 Å². The van der Waals surface area contributed by atoms with Crippen LogP contribution in [0.3, 0.4) is 0 Å². The van der Waals surface area contributed by atoms with Gasteiger partial charge in [-0.15, -0.1) is 0 Å². The zero-order chi connectivity index (χ0) is 19.7. The molecule has 0 aliphatic carbocycles. The van der Waals surface area contributed by atoms with Gasteiger partial charge in [0, 0.05) is 22.7 Å². The monoisotopic (exact) mass is 408 g/mol. The highest BCUT2D eigenvalue weighted by atomic mass is 35.5. The third kappa shape index (κ3) is 3.56. The second kappa shape index (κ2) is 7.46. The molecule has 3 aromatic rings. The number of H-pyrrole nitrogens is 1. The summed E-state index contributed by atoms with van der Waals surface area (Å²) in [6.07, 6.45) is -1.39. The normalized spacial score (nSPS) is 12.0. The number of methoxy groups -OCH3 is 1. The Balaban J connectivity index is 2.02. The van der Waals surface area contributed by atoms with Crippen molar-refractivity contribution in [3.05, 3.63) is 68.1 Å². The van der Waals surface area contributed by atoms with Crippen LogP contribution >= 0.6 is 23.2 Å². The molecule has 1 unspecified atom stereocenters. The van der Waals surface area contributed by atoms with E-state index in [4.69, 9.17) is 32.7 Å². The molecule has 0 aliphatic rings. The Morgan fingerprint density at radius 2 is 1.93 bits per heavy atom. The smallest absolute Gasteiger partial charge is 0.352 e. The minimum atomic E-state index is -1.39. The van der Waals surface area contributed by atoms with Gasteiger partial charge in [0.1, 0.15) is 0 Å². The average molecular weight is 409 g/mol. The van der Waals surface area contributed by atoms with E-state index < -0.39 is 18.0 Å². The number of nitrogens with one attached hydrogen (secondary N) is 1. The largest absolute Gasteiger partial charge is 0.466 e. The first-order valence-corrected chi connectivity index (χ1v) is 8.50. The van der Waals surface area contributed by atoms with E-state index in [2.05, 4.69) is 4.98 Å². The summed E-state index contributed by atoms with van der Waals surface area (Å²) in [5, 5.41) is 0.516. The maximum Gasteiger partial charge on any atom is 0.352 e. The van der Waals surface area contributed by atoms with Gasteiger partial charge in [0.15, 0.2) is 0 Å². The minimum absolute atomic E-state index is 0.101. The molecule has 0 spiro atoms. The number of para-hydroxylation sites is 1. The van der Waals surface area contributed by atoms with Gasteiger partial charge < -0.3 is 14.5 Å². The van der Waals surface area contributed by atoms with Crippen molar-refractivity contribution in [1.82, 2.24) is 9.55 Å². The molecule has 0 radical (unpaired) electrons. The summed E-state index contributed by atoms with van der Waals surface area (Å²) in [5.41, 5.74) is 0.782. The number of esters is 2. The number of imidazole rings is 1. The topological polar surface area (TPSA) is 90.4 Å². The summed E-state index contributed by atoms with van der Waals surface area (Å²) in [6.45, 7) is 0. The van der Waals surface area contributed by atoms with Crippen molar-refractivity contribution in [3.63, 3.8) is 0 Å². The van der Waals surface area contributed by atoms with Gasteiger partial charge in [-0.05, 0) is 24.3 Å². The fourth-order valence-corrected chi connectivity index (χ4v) is 3.16. The van der Waals surface area contributed by atoms with E-state index in [0.717, 1.165) is 0 Å². The van der Waals surface area contributed by atoms with Gasteiger partial charge in [0.25, 0.3) is 0 Å². The molecule has 1 atom stereocenters. The highest BCUT2D eigenvalue weighted by Gasteiger charge is 2.29. The molecule has 9 heteroatoms. The Hall–Kier alpha value is -2.77. The van der Waals surface area contributed by atoms with Crippen LogP contribution in [0, 0.1) is 0 Å². The Labute approximate surface area is 163 Å². The number of hydrogen-bond acceptors (Lipinski definition) is 5. The lowest BCUT2D eigenvalue weighted by Gasteiger charge is -2.17. The molecule has 1 aromatic heterocycles. The highest BCUT2D eigenvalue weighted by Crippen LogP contribution is 2.30. The lowest BCUT2D eigenvalue weighted by Crippen LogP contribution is -2.21. The van der Waals surface area contributed by atoms with Gasteiger partial charge in [0.05, 0.1) is 23.7 Å². The van der Waals surface area contributed by atoms with Crippen LogP contribution in [0.5, 0.6) is 0 Å². The maximum atomic E-state index is 12.7. The van der Waals surface area contributed by atoms with Crippen molar-refractivity contribution in [2.75, 3.05) is 7.11 Å². The first-order chi connectivity index (χ1) is 12.8. The quantitative estimate of drug-likeness (QED) is 0.669. The highest BCUT2D eigenvalue weighted by molar-refractivity contribution is 6.35.